The van der Waals surface area contributed by atoms with Crippen LogP contribution in [0.4, 0.5) is 5.69 Å². The van der Waals surface area contributed by atoms with Gasteiger partial charge >= 0.3 is 5.97 Å². The predicted molar refractivity (Wildman–Crippen MR) is 105 cm³/mol. The Bertz CT molecular complexity index is 903. The largest absolute Gasteiger partial charge is 0.478 e. The van der Waals surface area contributed by atoms with Gasteiger partial charge in [-0.15, -0.1) is 0 Å². The zero-order chi connectivity index (χ0) is 18.7. The highest BCUT2D eigenvalue weighted by Crippen LogP contribution is 2.36. The molecule has 0 amide bonds. The third-order valence-electron chi connectivity index (χ3n) is 4.63. The van der Waals surface area contributed by atoms with E-state index in [-0.39, 0.29) is 0 Å². The standard InChI is InChI=1S/C21H21ClN2O2/c1-3-15-12-24(13-16-6-7-17(22)11-14(16)2)19-5-4-10-23-21(19)18(15)8-9-20(25)26/h4-11H,3,12-13H2,1-2H3,(H,25,26). The molecule has 1 aromatic carbocycles. The topological polar surface area (TPSA) is 53.4 Å². The van der Waals surface area contributed by atoms with Gasteiger partial charge in [-0.2, -0.15) is 0 Å². The van der Waals surface area contributed by atoms with E-state index in [4.69, 9.17) is 16.7 Å². The number of hydrogen-bond acceptors (Lipinski definition) is 3. The summed E-state index contributed by atoms with van der Waals surface area (Å²) in [6.07, 6.45) is 5.43. The molecule has 0 atom stereocenters. The van der Waals surface area contributed by atoms with E-state index in [2.05, 4.69) is 29.8 Å². The maximum absolute atomic E-state index is 11.0. The Hall–Kier alpha value is -2.59. The molecule has 0 bridgehead atoms. The summed E-state index contributed by atoms with van der Waals surface area (Å²) in [5, 5.41) is 9.74. The van der Waals surface area contributed by atoms with E-state index in [1.54, 1.807) is 12.3 Å². The van der Waals surface area contributed by atoms with Crippen LogP contribution in [0.2, 0.25) is 5.02 Å². The molecule has 0 fully saturated rings. The van der Waals surface area contributed by atoms with Crippen LogP contribution < -0.4 is 4.90 Å². The highest BCUT2D eigenvalue weighted by atomic mass is 35.5. The van der Waals surface area contributed by atoms with E-state index in [9.17, 15) is 4.79 Å². The fourth-order valence-electron chi connectivity index (χ4n) is 3.26. The fourth-order valence-corrected chi connectivity index (χ4v) is 3.49. The van der Waals surface area contributed by atoms with Crippen molar-refractivity contribution in [3.05, 3.63) is 76.1 Å². The summed E-state index contributed by atoms with van der Waals surface area (Å²) in [6.45, 7) is 5.65. The number of rotatable bonds is 5. The van der Waals surface area contributed by atoms with E-state index < -0.39 is 5.97 Å². The summed E-state index contributed by atoms with van der Waals surface area (Å²) < 4.78 is 0. The molecule has 3 rings (SSSR count). The average Bonchev–Trinajstić information content (AvgIpc) is 2.62. The molecule has 1 aromatic heterocycles. The van der Waals surface area contributed by atoms with Gasteiger partial charge in [-0.3, -0.25) is 4.98 Å². The Kier molecular flexibility index (Phi) is 5.43. The zero-order valence-corrected chi connectivity index (χ0v) is 15.6. The SMILES string of the molecule is CCC1=C(C=CC(=O)O)c2ncccc2N(Cc2ccc(Cl)cc2C)C1. The first-order chi connectivity index (χ1) is 12.5. The maximum Gasteiger partial charge on any atom is 0.328 e. The lowest BCUT2D eigenvalue weighted by molar-refractivity contribution is -0.131. The van der Waals surface area contributed by atoms with E-state index >= 15 is 0 Å². The van der Waals surface area contributed by atoms with Gasteiger partial charge in [-0.25, -0.2) is 4.79 Å². The highest BCUT2D eigenvalue weighted by molar-refractivity contribution is 6.30. The molecule has 2 aromatic rings. The van der Waals surface area contributed by atoms with Crippen molar-refractivity contribution in [2.45, 2.75) is 26.8 Å². The Balaban J connectivity index is 2.01. The second-order valence-electron chi connectivity index (χ2n) is 6.34. The second kappa shape index (κ2) is 7.75. The first-order valence-electron chi connectivity index (χ1n) is 8.58. The van der Waals surface area contributed by atoms with Gasteiger partial charge in [0.2, 0.25) is 0 Å². The van der Waals surface area contributed by atoms with Crippen molar-refractivity contribution in [1.29, 1.82) is 0 Å². The highest BCUT2D eigenvalue weighted by Gasteiger charge is 2.23. The number of carboxylic acids is 1. The lowest BCUT2D eigenvalue weighted by atomic mass is 9.94. The lowest BCUT2D eigenvalue weighted by Crippen LogP contribution is -2.30. The molecule has 26 heavy (non-hydrogen) atoms. The molecule has 1 N–H and O–H groups in total. The number of aromatic nitrogens is 1. The monoisotopic (exact) mass is 368 g/mol. The van der Waals surface area contributed by atoms with Gasteiger partial charge in [0.15, 0.2) is 0 Å². The summed E-state index contributed by atoms with van der Waals surface area (Å²) in [5.41, 5.74) is 6.31. The number of aliphatic carboxylic acids is 1. The fraction of sp³-hybridized carbons (Fsp3) is 0.238. The van der Waals surface area contributed by atoms with Crippen molar-refractivity contribution >= 4 is 28.8 Å². The van der Waals surface area contributed by atoms with E-state index in [0.717, 1.165) is 47.1 Å². The number of benzene rings is 1. The predicted octanol–water partition coefficient (Wildman–Crippen LogP) is 4.87. The zero-order valence-electron chi connectivity index (χ0n) is 14.9. The van der Waals surface area contributed by atoms with Crippen molar-refractivity contribution < 1.29 is 9.90 Å². The van der Waals surface area contributed by atoms with Gasteiger partial charge in [-0.1, -0.05) is 24.6 Å². The van der Waals surface area contributed by atoms with Crippen LogP contribution in [0.3, 0.4) is 0 Å². The molecular formula is C21H21ClN2O2. The molecule has 0 spiro atoms. The Morgan fingerprint density at radius 1 is 1.38 bits per heavy atom. The van der Waals surface area contributed by atoms with E-state index in [1.807, 2.05) is 24.3 Å². The molecule has 2 heterocycles. The number of fused-ring (bicyclic) bond motifs is 1. The van der Waals surface area contributed by atoms with Crippen molar-refractivity contribution in [2.24, 2.45) is 0 Å². The van der Waals surface area contributed by atoms with Crippen LogP contribution in [0.1, 0.15) is 30.2 Å². The van der Waals surface area contributed by atoms with Crippen LogP contribution in [-0.4, -0.2) is 22.6 Å². The van der Waals surface area contributed by atoms with Gasteiger partial charge in [0.1, 0.15) is 0 Å². The van der Waals surface area contributed by atoms with Gasteiger partial charge in [0, 0.05) is 36.0 Å². The minimum atomic E-state index is -0.954. The first-order valence-corrected chi connectivity index (χ1v) is 8.95. The minimum Gasteiger partial charge on any atom is -0.478 e. The number of anilines is 1. The summed E-state index contributed by atoms with van der Waals surface area (Å²) in [7, 11) is 0. The van der Waals surface area contributed by atoms with Crippen molar-refractivity contribution in [3.63, 3.8) is 0 Å². The molecule has 1 aliphatic heterocycles. The van der Waals surface area contributed by atoms with Gasteiger partial charge in [-0.05, 0) is 60.4 Å². The number of hydrogen-bond donors (Lipinski definition) is 1. The van der Waals surface area contributed by atoms with Gasteiger partial charge in [0.25, 0.3) is 0 Å². The normalized spacial score (nSPS) is 14.0. The molecule has 0 unspecified atom stereocenters. The number of halogens is 1. The second-order valence-corrected chi connectivity index (χ2v) is 6.78. The molecule has 134 valence electrons. The average molecular weight is 369 g/mol. The Labute approximate surface area is 158 Å². The Morgan fingerprint density at radius 3 is 2.88 bits per heavy atom. The van der Waals surface area contributed by atoms with Crippen LogP contribution in [0, 0.1) is 6.92 Å². The quantitative estimate of drug-likeness (QED) is 0.765. The summed E-state index contributed by atoms with van der Waals surface area (Å²) >= 11 is 6.08. The molecule has 4 nitrogen and oxygen atoms in total. The summed E-state index contributed by atoms with van der Waals surface area (Å²) in [5.74, 6) is -0.954. The van der Waals surface area contributed by atoms with Crippen molar-refractivity contribution in [2.75, 3.05) is 11.4 Å². The van der Waals surface area contributed by atoms with E-state index in [1.165, 1.54) is 17.2 Å². The van der Waals surface area contributed by atoms with E-state index in [0.29, 0.717) is 0 Å². The van der Waals surface area contributed by atoms with Gasteiger partial charge < -0.3 is 10.0 Å². The number of carboxylic acid groups (broad SMARTS) is 1. The smallest absolute Gasteiger partial charge is 0.328 e. The molecule has 0 radical (unpaired) electrons. The molecule has 5 heteroatoms. The molecule has 0 saturated carbocycles. The summed E-state index contributed by atoms with van der Waals surface area (Å²) in [4.78, 5) is 17.8. The van der Waals surface area contributed by atoms with Crippen LogP contribution in [0.15, 0.2) is 54.3 Å². The third-order valence-corrected chi connectivity index (χ3v) is 4.87. The maximum atomic E-state index is 11.0. The van der Waals surface area contributed by atoms with Crippen LogP contribution in [0.25, 0.3) is 5.57 Å². The van der Waals surface area contributed by atoms with Crippen molar-refractivity contribution in [3.8, 4) is 0 Å². The third kappa shape index (κ3) is 3.81. The summed E-state index contributed by atoms with van der Waals surface area (Å²) in [6, 6.07) is 9.89. The number of carbonyl (C=O) groups is 1. The van der Waals surface area contributed by atoms with Crippen molar-refractivity contribution in [1.82, 2.24) is 4.98 Å². The number of nitrogens with zero attached hydrogens (tertiary/aromatic N) is 2. The minimum absolute atomic E-state index is 0.738. The first kappa shape index (κ1) is 18.2. The molecule has 1 aliphatic rings. The molecule has 0 aliphatic carbocycles. The number of pyridine rings is 1. The van der Waals surface area contributed by atoms with Crippen LogP contribution in [0.5, 0.6) is 0 Å². The lowest BCUT2D eigenvalue weighted by Gasteiger charge is -2.33. The van der Waals surface area contributed by atoms with Crippen LogP contribution in [-0.2, 0) is 11.3 Å². The number of allylic oxidation sites excluding steroid dienone is 2. The Morgan fingerprint density at radius 2 is 2.19 bits per heavy atom. The molecule has 0 saturated heterocycles. The number of aryl methyl sites for hydroxylation is 1. The van der Waals surface area contributed by atoms with Gasteiger partial charge in [0.05, 0.1) is 11.4 Å². The van der Waals surface area contributed by atoms with Crippen LogP contribution >= 0.6 is 11.6 Å². The molecular weight excluding hydrogens is 348 g/mol.